The summed E-state index contributed by atoms with van der Waals surface area (Å²) in [7, 11) is 3.98. The number of nitrogens with two attached hydrogens (primary N) is 1. The molecule has 1 atom stereocenters. The van der Waals surface area contributed by atoms with Gasteiger partial charge in [0.2, 0.25) is 5.91 Å². The van der Waals surface area contributed by atoms with E-state index in [4.69, 9.17) is 15.2 Å². The van der Waals surface area contributed by atoms with Crippen molar-refractivity contribution in [1.82, 2.24) is 4.90 Å². The van der Waals surface area contributed by atoms with Crippen molar-refractivity contribution in [2.24, 2.45) is 5.73 Å². The molecule has 1 amide bonds. The van der Waals surface area contributed by atoms with Crippen molar-refractivity contribution in [3.05, 3.63) is 24.3 Å². The molecule has 1 fully saturated rings. The molecule has 0 spiro atoms. The van der Waals surface area contributed by atoms with Crippen LogP contribution >= 0.6 is 0 Å². The molecule has 1 aliphatic heterocycles. The van der Waals surface area contributed by atoms with Crippen LogP contribution in [-0.4, -0.2) is 56.8 Å². The third kappa shape index (κ3) is 4.42. The van der Waals surface area contributed by atoms with Gasteiger partial charge in [-0.25, -0.2) is 0 Å². The number of anilines is 1. The van der Waals surface area contributed by atoms with Crippen LogP contribution in [-0.2, 0) is 9.53 Å². The quantitative estimate of drug-likeness (QED) is 0.807. The van der Waals surface area contributed by atoms with Gasteiger partial charge in [0.1, 0.15) is 17.9 Å². The van der Waals surface area contributed by atoms with Crippen molar-refractivity contribution in [3.8, 4) is 5.75 Å². The van der Waals surface area contributed by atoms with Crippen molar-refractivity contribution in [3.63, 3.8) is 0 Å². The van der Waals surface area contributed by atoms with E-state index in [9.17, 15) is 4.79 Å². The van der Waals surface area contributed by atoms with E-state index in [0.717, 1.165) is 12.3 Å². The fraction of sp³-hybridized carbons (Fsp3) is 0.533. The fourth-order valence-corrected chi connectivity index (χ4v) is 2.03. The van der Waals surface area contributed by atoms with Crippen molar-refractivity contribution in [1.29, 1.82) is 0 Å². The number of rotatable bonds is 6. The minimum Gasteiger partial charge on any atom is -0.492 e. The summed E-state index contributed by atoms with van der Waals surface area (Å²) in [4.78, 5) is 14.2. The Hall–Kier alpha value is -1.63. The average molecular weight is 293 g/mol. The van der Waals surface area contributed by atoms with Gasteiger partial charge in [0, 0.05) is 24.9 Å². The molecule has 1 aromatic rings. The van der Waals surface area contributed by atoms with Gasteiger partial charge >= 0.3 is 0 Å². The van der Waals surface area contributed by atoms with Gasteiger partial charge in [0.15, 0.2) is 0 Å². The summed E-state index contributed by atoms with van der Waals surface area (Å²) in [6.45, 7) is 2.22. The lowest BCUT2D eigenvalue weighted by Gasteiger charge is -2.20. The first-order valence-corrected chi connectivity index (χ1v) is 7.05. The Morgan fingerprint density at radius 1 is 1.52 bits per heavy atom. The number of carbonyl (C=O) groups is 1. The van der Waals surface area contributed by atoms with Gasteiger partial charge in [-0.1, -0.05) is 6.07 Å². The molecule has 0 aliphatic carbocycles. The van der Waals surface area contributed by atoms with E-state index < -0.39 is 5.54 Å². The normalized spacial score (nSPS) is 21.5. The van der Waals surface area contributed by atoms with E-state index in [-0.39, 0.29) is 12.5 Å². The lowest BCUT2D eigenvalue weighted by Crippen LogP contribution is -2.51. The number of likely N-dealkylation sites (N-methyl/N-ethyl adjacent to an activating group) is 1. The molecule has 0 saturated carbocycles. The maximum Gasteiger partial charge on any atom is 0.246 e. The molecule has 0 aromatic heterocycles. The summed E-state index contributed by atoms with van der Waals surface area (Å²) in [6, 6.07) is 7.32. The van der Waals surface area contributed by atoms with Crippen LogP contribution in [0.15, 0.2) is 24.3 Å². The molecule has 0 radical (unpaired) electrons. The van der Waals surface area contributed by atoms with Crippen LogP contribution in [0.1, 0.15) is 6.42 Å². The SMILES string of the molecule is CN(C)CCOc1cccc(NC(=O)C2(N)CCOC2)c1. The summed E-state index contributed by atoms with van der Waals surface area (Å²) in [5, 5.41) is 2.83. The van der Waals surface area contributed by atoms with Crippen LogP contribution in [0, 0.1) is 0 Å². The Bertz CT molecular complexity index is 485. The fourth-order valence-electron chi connectivity index (χ4n) is 2.03. The second-order valence-electron chi connectivity index (χ2n) is 5.59. The van der Waals surface area contributed by atoms with E-state index in [2.05, 4.69) is 5.32 Å². The van der Waals surface area contributed by atoms with Crippen LogP contribution in [0.4, 0.5) is 5.69 Å². The van der Waals surface area contributed by atoms with Crippen molar-refractivity contribution in [2.75, 3.05) is 45.8 Å². The first-order chi connectivity index (χ1) is 9.99. The molecular weight excluding hydrogens is 270 g/mol. The van der Waals surface area contributed by atoms with Crippen LogP contribution in [0.25, 0.3) is 0 Å². The van der Waals surface area contributed by atoms with E-state index in [1.54, 1.807) is 6.07 Å². The number of nitrogens with zero attached hydrogens (tertiary/aromatic N) is 1. The minimum absolute atomic E-state index is 0.217. The number of nitrogens with one attached hydrogen (secondary N) is 1. The minimum atomic E-state index is -0.929. The van der Waals surface area contributed by atoms with Gasteiger partial charge in [0.05, 0.1) is 6.61 Å². The number of hydrogen-bond donors (Lipinski definition) is 2. The van der Waals surface area contributed by atoms with Crippen molar-refractivity contribution < 1.29 is 14.3 Å². The highest BCUT2D eigenvalue weighted by Crippen LogP contribution is 2.21. The molecule has 116 valence electrons. The number of amides is 1. The lowest BCUT2D eigenvalue weighted by molar-refractivity contribution is -0.121. The summed E-state index contributed by atoms with van der Waals surface area (Å²) >= 11 is 0. The number of carbonyl (C=O) groups excluding carboxylic acids is 1. The molecule has 6 heteroatoms. The van der Waals surface area contributed by atoms with Gasteiger partial charge in [-0.15, -0.1) is 0 Å². The highest BCUT2D eigenvalue weighted by atomic mass is 16.5. The molecule has 2 rings (SSSR count). The maximum absolute atomic E-state index is 12.2. The Kier molecular flexibility index (Phi) is 5.17. The molecule has 21 heavy (non-hydrogen) atoms. The predicted octanol–water partition coefficient (Wildman–Crippen LogP) is 0.683. The monoisotopic (exact) mass is 293 g/mol. The number of hydrogen-bond acceptors (Lipinski definition) is 5. The first kappa shape index (κ1) is 15.8. The van der Waals surface area contributed by atoms with Gasteiger partial charge < -0.3 is 25.4 Å². The summed E-state index contributed by atoms with van der Waals surface area (Å²) < 4.78 is 10.8. The molecule has 1 aliphatic rings. The molecule has 1 saturated heterocycles. The molecule has 0 bridgehead atoms. The second-order valence-corrected chi connectivity index (χ2v) is 5.59. The molecule has 6 nitrogen and oxygen atoms in total. The van der Waals surface area contributed by atoms with Gasteiger partial charge in [0.25, 0.3) is 0 Å². The topological polar surface area (TPSA) is 76.8 Å². The highest BCUT2D eigenvalue weighted by Gasteiger charge is 2.38. The molecule has 1 heterocycles. The first-order valence-electron chi connectivity index (χ1n) is 7.05. The summed E-state index contributed by atoms with van der Waals surface area (Å²) in [5.41, 5.74) is 5.78. The predicted molar refractivity (Wildman–Crippen MR) is 81.5 cm³/mol. The van der Waals surface area contributed by atoms with E-state index in [1.807, 2.05) is 37.2 Å². The summed E-state index contributed by atoms with van der Waals surface area (Å²) in [5.74, 6) is 0.508. The zero-order chi connectivity index (χ0) is 15.3. The second kappa shape index (κ2) is 6.89. The Morgan fingerprint density at radius 3 is 3.00 bits per heavy atom. The number of ether oxygens (including phenoxy) is 2. The van der Waals surface area contributed by atoms with E-state index in [0.29, 0.717) is 25.3 Å². The molecule has 1 unspecified atom stereocenters. The molecular formula is C15H23N3O3. The van der Waals surface area contributed by atoms with Crippen LogP contribution in [0.2, 0.25) is 0 Å². The van der Waals surface area contributed by atoms with Crippen LogP contribution in [0.3, 0.4) is 0 Å². The Morgan fingerprint density at radius 2 is 2.33 bits per heavy atom. The van der Waals surface area contributed by atoms with Crippen molar-refractivity contribution in [2.45, 2.75) is 12.0 Å². The van der Waals surface area contributed by atoms with Crippen LogP contribution < -0.4 is 15.8 Å². The Labute approximate surface area is 125 Å². The number of benzene rings is 1. The smallest absolute Gasteiger partial charge is 0.246 e. The van der Waals surface area contributed by atoms with Crippen LogP contribution in [0.5, 0.6) is 5.75 Å². The van der Waals surface area contributed by atoms with E-state index >= 15 is 0 Å². The largest absolute Gasteiger partial charge is 0.492 e. The molecule has 3 N–H and O–H groups in total. The summed E-state index contributed by atoms with van der Waals surface area (Å²) in [6.07, 6.45) is 0.540. The lowest BCUT2D eigenvalue weighted by atomic mass is 9.99. The van der Waals surface area contributed by atoms with E-state index in [1.165, 1.54) is 0 Å². The zero-order valence-electron chi connectivity index (χ0n) is 12.6. The third-order valence-corrected chi connectivity index (χ3v) is 3.40. The van der Waals surface area contributed by atoms with Gasteiger partial charge in [-0.05, 0) is 32.6 Å². The van der Waals surface area contributed by atoms with Gasteiger partial charge in [-0.2, -0.15) is 0 Å². The van der Waals surface area contributed by atoms with Gasteiger partial charge in [-0.3, -0.25) is 4.79 Å². The Balaban J connectivity index is 1.93. The highest BCUT2D eigenvalue weighted by molar-refractivity contribution is 5.98. The zero-order valence-corrected chi connectivity index (χ0v) is 12.6. The maximum atomic E-state index is 12.2. The molecule has 1 aromatic carbocycles. The van der Waals surface area contributed by atoms with Crippen molar-refractivity contribution >= 4 is 11.6 Å². The average Bonchev–Trinajstić information content (AvgIpc) is 2.87. The third-order valence-electron chi connectivity index (χ3n) is 3.40. The standard InChI is InChI=1S/C15H23N3O3/c1-18(2)7-9-21-13-5-3-4-12(10-13)17-14(19)15(16)6-8-20-11-15/h3-5,10H,6-9,11,16H2,1-2H3,(H,17,19).